The number of rotatable bonds is 8. The molecule has 114 valence electrons. The molecule has 0 aliphatic heterocycles. The lowest BCUT2D eigenvalue weighted by Gasteiger charge is -2.18. The van der Waals surface area contributed by atoms with Crippen molar-refractivity contribution in [3.63, 3.8) is 0 Å². The molecule has 0 saturated carbocycles. The predicted molar refractivity (Wildman–Crippen MR) is 94.4 cm³/mol. The Morgan fingerprint density at radius 1 is 1.10 bits per heavy atom. The monoisotopic (exact) mass is 321 g/mol. The maximum atomic E-state index is 6.10. The Hall–Kier alpha value is -0.830. The Kier molecular flexibility index (Phi) is 6.75. The van der Waals surface area contributed by atoms with Gasteiger partial charge in [0.05, 0.1) is 0 Å². The normalized spacial score (nSPS) is 12.8. The predicted octanol–water partition coefficient (Wildman–Crippen LogP) is 5.05. The molecule has 2 aromatic rings. The molecule has 2 rings (SSSR count). The second-order valence-electron chi connectivity index (χ2n) is 6.04. The number of thiophene rings is 1. The van der Waals surface area contributed by atoms with Crippen LogP contribution in [0.5, 0.6) is 0 Å². The molecule has 0 fully saturated rings. The van der Waals surface area contributed by atoms with Gasteiger partial charge in [-0.3, -0.25) is 0 Å². The van der Waals surface area contributed by atoms with Crippen LogP contribution >= 0.6 is 22.9 Å². The average Bonchev–Trinajstić information content (AvgIpc) is 2.91. The molecule has 0 amide bonds. The Morgan fingerprint density at radius 2 is 1.95 bits per heavy atom. The largest absolute Gasteiger partial charge is 0.316 e. The highest BCUT2D eigenvalue weighted by Gasteiger charge is 2.12. The first-order chi connectivity index (χ1) is 10.1. The lowest BCUT2D eigenvalue weighted by atomic mass is 9.95. The summed E-state index contributed by atoms with van der Waals surface area (Å²) in [5.74, 6) is 1.31. The smallest absolute Gasteiger partial charge is 0.0408 e. The van der Waals surface area contributed by atoms with E-state index in [1.165, 1.54) is 10.4 Å². The van der Waals surface area contributed by atoms with E-state index in [-0.39, 0.29) is 0 Å². The van der Waals surface area contributed by atoms with Crippen LogP contribution in [0.1, 0.15) is 24.3 Å². The van der Waals surface area contributed by atoms with Gasteiger partial charge in [0.15, 0.2) is 0 Å². The van der Waals surface area contributed by atoms with Crippen LogP contribution in [0.3, 0.4) is 0 Å². The zero-order valence-corrected chi connectivity index (χ0v) is 14.4. The fourth-order valence-electron chi connectivity index (χ4n) is 2.50. The van der Waals surface area contributed by atoms with Crippen LogP contribution in [-0.2, 0) is 12.8 Å². The van der Waals surface area contributed by atoms with Crippen molar-refractivity contribution in [2.24, 2.45) is 11.8 Å². The van der Waals surface area contributed by atoms with Crippen LogP contribution in [0, 0.1) is 11.8 Å². The molecule has 1 N–H and O–H groups in total. The SMILES string of the molecule is CC(C)CNCC(Cc1cccc(Cl)c1)Cc1cccs1. The van der Waals surface area contributed by atoms with Crippen LogP contribution < -0.4 is 5.32 Å². The number of hydrogen-bond donors (Lipinski definition) is 1. The molecule has 3 heteroatoms. The van der Waals surface area contributed by atoms with Crippen LogP contribution in [0.15, 0.2) is 41.8 Å². The average molecular weight is 322 g/mol. The van der Waals surface area contributed by atoms with Gasteiger partial charge in [-0.05, 0) is 66.9 Å². The van der Waals surface area contributed by atoms with Gasteiger partial charge in [-0.2, -0.15) is 0 Å². The van der Waals surface area contributed by atoms with Crippen molar-refractivity contribution in [2.75, 3.05) is 13.1 Å². The van der Waals surface area contributed by atoms with Gasteiger partial charge in [-0.1, -0.05) is 43.6 Å². The van der Waals surface area contributed by atoms with Crippen molar-refractivity contribution in [2.45, 2.75) is 26.7 Å². The van der Waals surface area contributed by atoms with E-state index >= 15 is 0 Å². The van der Waals surface area contributed by atoms with Crippen LogP contribution in [0.4, 0.5) is 0 Å². The Labute approximate surface area is 137 Å². The van der Waals surface area contributed by atoms with Gasteiger partial charge in [0, 0.05) is 9.90 Å². The molecule has 21 heavy (non-hydrogen) atoms. The highest BCUT2D eigenvalue weighted by molar-refractivity contribution is 7.09. The minimum Gasteiger partial charge on any atom is -0.316 e. The van der Waals surface area contributed by atoms with E-state index < -0.39 is 0 Å². The lowest BCUT2D eigenvalue weighted by molar-refractivity contribution is 0.447. The minimum absolute atomic E-state index is 0.612. The highest BCUT2D eigenvalue weighted by Crippen LogP contribution is 2.20. The maximum Gasteiger partial charge on any atom is 0.0408 e. The maximum absolute atomic E-state index is 6.10. The summed E-state index contributed by atoms with van der Waals surface area (Å²) in [7, 11) is 0. The molecule has 0 saturated heterocycles. The topological polar surface area (TPSA) is 12.0 Å². The summed E-state index contributed by atoms with van der Waals surface area (Å²) in [6.45, 7) is 6.63. The molecule has 0 bridgehead atoms. The summed E-state index contributed by atoms with van der Waals surface area (Å²) in [5.41, 5.74) is 1.33. The van der Waals surface area contributed by atoms with Crippen LogP contribution in [-0.4, -0.2) is 13.1 Å². The molecule has 1 atom stereocenters. The minimum atomic E-state index is 0.612. The van der Waals surface area contributed by atoms with Gasteiger partial charge in [0.2, 0.25) is 0 Å². The van der Waals surface area contributed by atoms with Gasteiger partial charge in [-0.25, -0.2) is 0 Å². The first-order valence-corrected chi connectivity index (χ1v) is 8.87. The molecule has 1 aromatic carbocycles. The van der Waals surface area contributed by atoms with Crippen molar-refractivity contribution >= 4 is 22.9 Å². The molecular formula is C18H24ClNS. The second-order valence-corrected chi connectivity index (χ2v) is 7.50. The number of nitrogens with one attached hydrogen (secondary N) is 1. The Balaban J connectivity index is 1.96. The summed E-state index contributed by atoms with van der Waals surface area (Å²) >= 11 is 7.95. The molecule has 1 unspecified atom stereocenters. The molecule has 0 aliphatic rings. The molecule has 0 spiro atoms. The molecule has 0 radical (unpaired) electrons. The third kappa shape index (κ3) is 6.21. The van der Waals surface area contributed by atoms with E-state index in [1.807, 2.05) is 23.5 Å². The van der Waals surface area contributed by atoms with Crippen molar-refractivity contribution in [1.29, 1.82) is 0 Å². The van der Waals surface area contributed by atoms with E-state index in [2.05, 4.69) is 48.8 Å². The van der Waals surface area contributed by atoms with E-state index in [9.17, 15) is 0 Å². The van der Waals surface area contributed by atoms with Crippen LogP contribution in [0.2, 0.25) is 5.02 Å². The molecule has 1 heterocycles. The molecular weight excluding hydrogens is 298 g/mol. The molecule has 1 nitrogen and oxygen atoms in total. The van der Waals surface area contributed by atoms with Crippen molar-refractivity contribution in [3.05, 3.63) is 57.2 Å². The Bertz CT molecular complexity index is 522. The van der Waals surface area contributed by atoms with E-state index in [0.29, 0.717) is 11.8 Å². The van der Waals surface area contributed by atoms with Gasteiger partial charge in [0.1, 0.15) is 0 Å². The number of hydrogen-bond acceptors (Lipinski definition) is 2. The fraction of sp³-hybridized carbons (Fsp3) is 0.444. The fourth-order valence-corrected chi connectivity index (χ4v) is 3.54. The zero-order chi connectivity index (χ0) is 15.1. The Morgan fingerprint density at radius 3 is 2.62 bits per heavy atom. The third-order valence-corrected chi connectivity index (χ3v) is 4.60. The first-order valence-electron chi connectivity index (χ1n) is 7.61. The third-order valence-electron chi connectivity index (χ3n) is 3.47. The highest BCUT2D eigenvalue weighted by atomic mass is 35.5. The number of benzene rings is 1. The molecule has 1 aromatic heterocycles. The van der Waals surface area contributed by atoms with Gasteiger partial charge >= 0.3 is 0 Å². The summed E-state index contributed by atoms with van der Waals surface area (Å²) in [6, 6.07) is 12.6. The summed E-state index contributed by atoms with van der Waals surface area (Å²) in [5, 5.41) is 6.59. The van der Waals surface area contributed by atoms with E-state index in [0.717, 1.165) is 31.0 Å². The summed E-state index contributed by atoms with van der Waals surface area (Å²) < 4.78 is 0. The van der Waals surface area contributed by atoms with Crippen molar-refractivity contribution < 1.29 is 0 Å². The lowest BCUT2D eigenvalue weighted by Crippen LogP contribution is -2.28. The number of halogens is 1. The molecule has 0 aliphatic carbocycles. The zero-order valence-electron chi connectivity index (χ0n) is 12.8. The van der Waals surface area contributed by atoms with Gasteiger partial charge in [-0.15, -0.1) is 11.3 Å². The summed E-state index contributed by atoms with van der Waals surface area (Å²) in [4.78, 5) is 1.47. The van der Waals surface area contributed by atoms with Gasteiger partial charge < -0.3 is 5.32 Å². The second kappa shape index (κ2) is 8.57. The van der Waals surface area contributed by atoms with Gasteiger partial charge in [0.25, 0.3) is 0 Å². The van der Waals surface area contributed by atoms with Crippen molar-refractivity contribution in [1.82, 2.24) is 5.32 Å². The van der Waals surface area contributed by atoms with E-state index in [1.54, 1.807) is 0 Å². The van der Waals surface area contributed by atoms with E-state index in [4.69, 9.17) is 11.6 Å². The standard InChI is InChI=1S/C18H24ClNS/c1-14(2)12-20-13-16(11-18-7-4-8-21-18)9-15-5-3-6-17(19)10-15/h3-8,10,14,16,20H,9,11-13H2,1-2H3. The van der Waals surface area contributed by atoms with Crippen molar-refractivity contribution in [3.8, 4) is 0 Å². The first kappa shape index (κ1) is 16.5. The summed E-state index contributed by atoms with van der Waals surface area (Å²) in [6.07, 6.45) is 2.21. The van der Waals surface area contributed by atoms with Crippen LogP contribution in [0.25, 0.3) is 0 Å². The quantitative estimate of drug-likeness (QED) is 0.717.